The van der Waals surface area contributed by atoms with E-state index in [-0.39, 0.29) is 0 Å². The summed E-state index contributed by atoms with van der Waals surface area (Å²) in [4.78, 5) is 0. The van der Waals surface area contributed by atoms with Crippen molar-refractivity contribution in [3.8, 4) is 5.75 Å². The van der Waals surface area contributed by atoms with Crippen molar-refractivity contribution >= 4 is 10.9 Å². The number of benzene rings is 1. The van der Waals surface area contributed by atoms with Crippen LogP contribution in [-0.4, -0.2) is 18.2 Å². The van der Waals surface area contributed by atoms with E-state index in [0.29, 0.717) is 0 Å². The fourth-order valence-electron chi connectivity index (χ4n) is 5.28. The van der Waals surface area contributed by atoms with Gasteiger partial charge in [0.2, 0.25) is 0 Å². The van der Waals surface area contributed by atoms with Gasteiger partial charge in [-0.05, 0) is 67.7 Å². The Kier molecular flexibility index (Phi) is 6.61. The van der Waals surface area contributed by atoms with E-state index in [4.69, 9.17) is 4.74 Å². The Balaban J connectivity index is 1.36. The number of nitrogens with zero attached hydrogens (tertiary/aromatic N) is 1. The van der Waals surface area contributed by atoms with Gasteiger partial charge in [-0.3, -0.25) is 0 Å². The van der Waals surface area contributed by atoms with Gasteiger partial charge in [-0.2, -0.15) is 0 Å². The summed E-state index contributed by atoms with van der Waals surface area (Å²) in [5.41, 5.74) is 2.76. The molecule has 0 radical (unpaired) electrons. The van der Waals surface area contributed by atoms with Crippen LogP contribution < -0.4 is 10.1 Å². The normalized spacial score (nSPS) is 23.3. The Morgan fingerprint density at radius 1 is 1.04 bits per heavy atom. The van der Waals surface area contributed by atoms with Gasteiger partial charge in [0.15, 0.2) is 0 Å². The molecule has 4 rings (SSSR count). The molecule has 2 aliphatic carbocycles. The number of hydrogen-bond donors (Lipinski definition) is 1. The fourth-order valence-corrected chi connectivity index (χ4v) is 5.28. The molecule has 28 heavy (non-hydrogen) atoms. The fraction of sp³-hybridized carbons (Fsp3) is 0.680. The molecule has 3 heteroatoms. The van der Waals surface area contributed by atoms with Crippen LogP contribution in [0, 0.1) is 17.8 Å². The Bertz CT molecular complexity index is 755. The lowest BCUT2D eigenvalue weighted by Gasteiger charge is -2.12. The number of nitrogens with one attached hydrogen (secondary N) is 1. The van der Waals surface area contributed by atoms with E-state index in [0.717, 1.165) is 36.6 Å². The Morgan fingerprint density at radius 2 is 1.82 bits per heavy atom. The number of aromatic nitrogens is 1. The number of fused-ring (bicyclic) bond motifs is 2. The van der Waals surface area contributed by atoms with Crippen LogP contribution in [0.1, 0.15) is 70.3 Å². The summed E-state index contributed by atoms with van der Waals surface area (Å²) in [6.07, 6.45) is 14.9. The lowest BCUT2D eigenvalue weighted by molar-refractivity contribution is 0.415. The lowest BCUT2D eigenvalue weighted by atomic mass is 10.0. The molecule has 154 valence electrons. The summed E-state index contributed by atoms with van der Waals surface area (Å²) >= 11 is 0. The molecule has 2 saturated carbocycles. The maximum Gasteiger partial charge on any atom is 0.120 e. The van der Waals surface area contributed by atoms with Gasteiger partial charge in [0.25, 0.3) is 0 Å². The van der Waals surface area contributed by atoms with E-state index in [2.05, 4.69) is 41.2 Å². The second-order valence-electron chi connectivity index (χ2n) is 9.22. The topological polar surface area (TPSA) is 26.2 Å². The van der Waals surface area contributed by atoms with Gasteiger partial charge in [0, 0.05) is 30.7 Å². The van der Waals surface area contributed by atoms with Crippen molar-refractivity contribution in [2.75, 3.05) is 13.7 Å². The number of ether oxygens (including phenoxy) is 1. The van der Waals surface area contributed by atoms with Crippen LogP contribution in [0.3, 0.4) is 0 Å². The zero-order valence-electron chi connectivity index (χ0n) is 17.9. The molecule has 1 heterocycles. The average molecular weight is 383 g/mol. The SMILES string of the molecule is CCCCCCCCn1cc(CNCC2CC3CC3C2)c2ccc(OC)cc21. The van der Waals surface area contributed by atoms with Crippen LogP contribution in [0.2, 0.25) is 0 Å². The van der Waals surface area contributed by atoms with Gasteiger partial charge in [0.05, 0.1) is 12.6 Å². The highest BCUT2D eigenvalue weighted by Crippen LogP contribution is 2.54. The van der Waals surface area contributed by atoms with Crippen molar-refractivity contribution < 1.29 is 4.74 Å². The molecular formula is C25H38N2O. The molecule has 2 aromatic rings. The van der Waals surface area contributed by atoms with Crippen molar-refractivity contribution in [1.29, 1.82) is 0 Å². The maximum absolute atomic E-state index is 5.49. The molecule has 2 unspecified atom stereocenters. The second-order valence-corrected chi connectivity index (χ2v) is 9.22. The lowest BCUT2D eigenvalue weighted by Crippen LogP contribution is -2.21. The van der Waals surface area contributed by atoms with Crippen molar-refractivity contribution in [3.05, 3.63) is 30.0 Å². The maximum atomic E-state index is 5.49. The third-order valence-electron chi connectivity index (χ3n) is 7.01. The molecule has 1 aromatic carbocycles. The van der Waals surface area contributed by atoms with E-state index in [1.165, 1.54) is 80.8 Å². The Hall–Kier alpha value is -1.48. The molecule has 3 nitrogen and oxygen atoms in total. The number of hydrogen-bond acceptors (Lipinski definition) is 2. The summed E-state index contributed by atoms with van der Waals surface area (Å²) in [5, 5.41) is 5.15. The van der Waals surface area contributed by atoms with Crippen molar-refractivity contribution in [2.24, 2.45) is 17.8 Å². The molecule has 0 amide bonds. The summed E-state index contributed by atoms with van der Waals surface area (Å²) in [6, 6.07) is 6.56. The second kappa shape index (κ2) is 9.35. The van der Waals surface area contributed by atoms with E-state index in [1.54, 1.807) is 7.11 Å². The smallest absolute Gasteiger partial charge is 0.120 e. The molecule has 2 fully saturated rings. The van der Waals surface area contributed by atoms with E-state index >= 15 is 0 Å². The van der Waals surface area contributed by atoms with E-state index < -0.39 is 0 Å². The quantitative estimate of drug-likeness (QED) is 0.446. The molecule has 0 saturated heterocycles. The molecule has 2 atom stereocenters. The van der Waals surface area contributed by atoms with Crippen LogP contribution in [0.4, 0.5) is 0 Å². The standard InChI is InChI=1S/C25H38N2O/c1-3-4-5-6-7-8-11-27-18-22(24-10-9-23(28-2)15-25(24)27)17-26-16-19-12-20-14-21(20)13-19/h9-10,15,18-21,26H,3-8,11-14,16-17H2,1-2H3. The number of methoxy groups -OCH3 is 1. The molecular weight excluding hydrogens is 344 g/mol. The third kappa shape index (κ3) is 4.74. The van der Waals surface area contributed by atoms with Gasteiger partial charge >= 0.3 is 0 Å². The summed E-state index contributed by atoms with van der Waals surface area (Å²) in [6.45, 7) is 5.57. The third-order valence-corrected chi connectivity index (χ3v) is 7.01. The van der Waals surface area contributed by atoms with Crippen LogP contribution in [0.25, 0.3) is 10.9 Å². The Morgan fingerprint density at radius 3 is 2.61 bits per heavy atom. The molecule has 1 aromatic heterocycles. The highest BCUT2D eigenvalue weighted by atomic mass is 16.5. The minimum absolute atomic E-state index is 0.917. The van der Waals surface area contributed by atoms with Crippen LogP contribution in [0.15, 0.2) is 24.4 Å². The molecule has 1 N–H and O–H groups in total. The predicted molar refractivity (Wildman–Crippen MR) is 118 cm³/mol. The van der Waals surface area contributed by atoms with Crippen LogP contribution in [0.5, 0.6) is 5.75 Å². The monoisotopic (exact) mass is 382 g/mol. The zero-order valence-corrected chi connectivity index (χ0v) is 17.9. The largest absolute Gasteiger partial charge is 0.497 e. The van der Waals surface area contributed by atoms with E-state index in [9.17, 15) is 0 Å². The number of unbranched alkanes of at least 4 members (excludes halogenated alkanes) is 5. The first-order valence-electron chi connectivity index (χ1n) is 11.6. The van der Waals surface area contributed by atoms with Crippen LogP contribution >= 0.6 is 0 Å². The number of aryl methyl sites for hydroxylation is 1. The first-order valence-corrected chi connectivity index (χ1v) is 11.6. The average Bonchev–Trinajstić information content (AvgIpc) is 3.18. The molecule has 0 spiro atoms. The van der Waals surface area contributed by atoms with Crippen molar-refractivity contribution in [1.82, 2.24) is 9.88 Å². The zero-order chi connectivity index (χ0) is 19.3. The molecule has 2 aliphatic rings. The highest BCUT2D eigenvalue weighted by Gasteiger charge is 2.45. The van der Waals surface area contributed by atoms with Crippen molar-refractivity contribution in [3.63, 3.8) is 0 Å². The highest BCUT2D eigenvalue weighted by molar-refractivity contribution is 5.85. The Labute approximate surface area is 170 Å². The van der Waals surface area contributed by atoms with Gasteiger partial charge in [0.1, 0.15) is 5.75 Å². The van der Waals surface area contributed by atoms with Crippen LogP contribution in [-0.2, 0) is 13.1 Å². The number of rotatable bonds is 12. The predicted octanol–water partition coefficient (Wildman–Crippen LogP) is 6.15. The van der Waals surface area contributed by atoms with Gasteiger partial charge in [-0.15, -0.1) is 0 Å². The summed E-state index contributed by atoms with van der Waals surface area (Å²) in [5.74, 6) is 4.04. The first kappa shape index (κ1) is 19.8. The minimum Gasteiger partial charge on any atom is -0.497 e. The summed E-state index contributed by atoms with van der Waals surface area (Å²) < 4.78 is 7.95. The van der Waals surface area contributed by atoms with Gasteiger partial charge in [-0.1, -0.05) is 39.0 Å². The minimum atomic E-state index is 0.917. The van der Waals surface area contributed by atoms with Crippen molar-refractivity contribution in [2.45, 2.75) is 77.8 Å². The van der Waals surface area contributed by atoms with Gasteiger partial charge in [-0.25, -0.2) is 0 Å². The summed E-state index contributed by atoms with van der Waals surface area (Å²) in [7, 11) is 1.76. The first-order chi connectivity index (χ1) is 13.8. The molecule has 0 aliphatic heterocycles. The molecule has 0 bridgehead atoms. The van der Waals surface area contributed by atoms with E-state index in [1.807, 2.05) is 0 Å². The van der Waals surface area contributed by atoms with Gasteiger partial charge < -0.3 is 14.6 Å².